The summed E-state index contributed by atoms with van der Waals surface area (Å²) in [5.41, 5.74) is 0. The Morgan fingerprint density at radius 3 is 2.25 bits per heavy atom. The van der Waals surface area contributed by atoms with Crippen molar-refractivity contribution >= 4 is 15.6 Å². The summed E-state index contributed by atoms with van der Waals surface area (Å²) in [6.45, 7) is 5.85. The number of allylic oxidation sites excluding steroid dienone is 1. The van der Waals surface area contributed by atoms with Crippen molar-refractivity contribution in [1.29, 1.82) is 0 Å². The van der Waals surface area contributed by atoms with Crippen LogP contribution in [0.2, 0.25) is 0 Å². The van der Waals surface area contributed by atoms with E-state index in [9.17, 15) is 13.2 Å². The van der Waals surface area contributed by atoms with Crippen LogP contribution in [-0.4, -0.2) is 14.2 Å². The van der Waals surface area contributed by atoms with Gasteiger partial charge in [0.2, 0.25) is 0 Å². The lowest BCUT2D eigenvalue weighted by Gasteiger charge is -2.07. The highest BCUT2D eigenvalue weighted by Crippen LogP contribution is 2.15. The first-order valence-corrected chi connectivity index (χ1v) is 8.36. The number of carbonyl (C=O) groups is 1. The summed E-state index contributed by atoms with van der Waals surface area (Å²) in [5, 5.41) is 1.20. The van der Waals surface area contributed by atoms with Gasteiger partial charge in [0.05, 0.1) is 4.90 Å². The van der Waals surface area contributed by atoms with E-state index in [1.54, 1.807) is 36.4 Å². The van der Waals surface area contributed by atoms with Crippen molar-refractivity contribution in [3.05, 3.63) is 41.8 Å². The average Bonchev–Trinajstić information content (AvgIpc) is 2.36. The van der Waals surface area contributed by atoms with Crippen molar-refractivity contribution < 1.29 is 13.2 Å². The normalized spacial score (nSPS) is 13.8. The Morgan fingerprint density at radius 2 is 1.70 bits per heavy atom. The van der Waals surface area contributed by atoms with Crippen LogP contribution >= 0.6 is 0 Å². The predicted octanol–water partition coefficient (Wildman–Crippen LogP) is 3.62. The molecule has 20 heavy (non-hydrogen) atoms. The third-order valence-electron chi connectivity index (χ3n) is 2.84. The molecule has 0 aromatic heterocycles. The fourth-order valence-corrected chi connectivity index (χ4v) is 3.06. The molecule has 0 radical (unpaired) electrons. The molecule has 0 aliphatic carbocycles. The van der Waals surface area contributed by atoms with Crippen LogP contribution in [0, 0.1) is 11.8 Å². The Labute approximate surface area is 121 Å². The molecule has 1 aromatic carbocycles. The van der Waals surface area contributed by atoms with Crippen molar-refractivity contribution in [2.24, 2.45) is 11.8 Å². The number of hydrogen-bond acceptors (Lipinski definition) is 3. The van der Waals surface area contributed by atoms with Gasteiger partial charge in [0.1, 0.15) is 5.78 Å². The number of Topliss-reactive ketones (excluding diaryl/α,β-unsaturated/α-hetero) is 1. The second-order valence-corrected chi connectivity index (χ2v) is 7.34. The lowest BCUT2D eigenvalue weighted by molar-refractivity contribution is -0.120. The first kappa shape index (κ1) is 16.6. The zero-order valence-electron chi connectivity index (χ0n) is 12.2. The van der Waals surface area contributed by atoms with Gasteiger partial charge >= 0.3 is 0 Å². The van der Waals surface area contributed by atoms with Gasteiger partial charge in [-0.15, -0.1) is 0 Å². The summed E-state index contributed by atoms with van der Waals surface area (Å²) in [6, 6.07) is 8.28. The smallest absolute Gasteiger partial charge is 0.199 e. The van der Waals surface area contributed by atoms with Crippen molar-refractivity contribution in [3.8, 4) is 0 Å². The molecular formula is C16H22O3S. The molecule has 3 nitrogen and oxygen atoms in total. The highest BCUT2D eigenvalue weighted by atomic mass is 32.2. The molecule has 0 aliphatic heterocycles. The van der Waals surface area contributed by atoms with Crippen LogP contribution < -0.4 is 0 Å². The first-order chi connectivity index (χ1) is 9.31. The van der Waals surface area contributed by atoms with Crippen LogP contribution in [0.15, 0.2) is 46.7 Å². The van der Waals surface area contributed by atoms with Gasteiger partial charge in [0, 0.05) is 18.2 Å². The molecule has 1 aromatic rings. The second kappa shape index (κ2) is 7.39. The Bertz CT molecular complexity index is 557. The summed E-state index contributed by atoms with van der Waals surface area (Å²) < 4.78 is 24.1. The van der Waals surface area contributed by atoms with Gasteiger partial charge in [-0.25, -0.2) is 8.42 Å². The number of carbonyl (C=O) groups excluding carboxylic acids is 1. The standard InChI is InChI=1S/C16H22O3S/c1-13(2)11-15(17)12-14(3)9-10-20(18,19)16-7-5-4-6-8-16/h4-10,13-14H,11-12H2,1-3H3/t14-/m0/s1. The molecule has 0 N–H and O–H groups in total. The van der Waals surface area contributed by atoms with E-state index in [1.165, 1.54) is 5.41 Å². The van der Waals surface area contributed by atoms with E-state index in [0.717, 1.165) is 0 Å². The lowest BCUT2D eigenvalue weighted by Crippen LogP contribution is -2.07. The van der Waals surface area contributed by atoms with E-state index in [-0.39, 0.29) is 16.6 Å². The Hall–Kier alpha value is -1.42. The van der Waals surface area contributed by atoms with E-state index >= 15 is 0 Å². The molecule has 1 atom stereocenters. The maximum Gasteiger partial charge on any atom is 0.199 e. The average molecular weight is 294 g/mol. The number of sulfone groups is 1. The highest BCUT2D eigenvalue weighted by Gasteiger charge is 2.12. The van der Waals surface area contributed by atoms with Gasteiger partial charge in [-0.3, -0.25) is 4.79 Å². The molecule has 1 rings (SSSR count). The second-order valence-electron chi connectivity index (χ2n) is 5.50. The first-order valence-electron chi connectivity index (χ1n) is 6.81. The van der Waals surface area contributed by atoms with E-state index in [0.29, 0.717) is 18.8 Å². The molecule has 0 amide bonds. The summed E-state index contributed by atoms with van der Waals surface area (Å²) >= 11 is 0. The molecule has 0 heterocycles. The largest absolute Gasteiger partial charge is 0.300 e. The quantitative estimate of drug-likeness (QED) is 0.772. The fraction of sp³-hybridized carbons (Fsp3) is 0.438. The third kappa shape index (κ3) is 5.70. The molecular weight excluding hydrogens is 272 g/mol. The summed E-state index contributed by atoms with van der Waals surface area (Å²) in [7, 11) is -3.41. The van der Waals surface area contributed by atoms with Crippen molar-refractivity contribution in [2.45, 2.75) is 38.5 Å². The van der Waals surface area contributed by atoms with Crippen LogP contribution in [0.1, 0.15) is 33.6 Å². The lowest BCUT2D eigenvalue weighted by atomic mass is 9.99. The predicted molar refractivity (Wildman–Crippen MR) is 81.0 cm³/mol. The maximum absolute atomic E-state index is 12.0. The van der Waals surface area contributed by atoms with E-state index in [2.05, 4.69) is 0 Å². The van der Waals surface area contributed by atoms with Crippen molar-refractivity contribution in [1.82, 2.24) is 0 Å². The van der Waals surface area contributed by atoms with Crippen LogP contribution in [-0.2, 0) is 14.6 Å². The maximum atomic E-state index is 12.0. The number of rotatable bonds is 7. The summed E-state index contributed by atoms with van der Waals surface area (Å²) in [4.78, 5) is 12.0. The molecule has 0 fully saturated rings. The van der Waals surface area contributed by atoms with Crippen molar-refractivity contribution in [2.75, 3.05) is 0 Å². The van der Waals surface area contributed by atoms with E-state index in [1.807, 2.05) is 20.8 Å². The fourth-order valence-electron chi connectivity index (χ4n) is 1.89. The minimum Gasteiger partial charge on any atom is -0.300 e. The van der Waals surface area contributed by atoms with Gasteiger partial charge < -0.3 is 0 Å². The molecule has 0 spiro atoms. The van der Waals surface area contributed by atoms with E-state index in [4.69, 9.17) is 0 Å². The van der Waals surface area contributed by atoms with Gasteiger partial charge in [0.25, 0.3) is 0 Å². The van der Waals surface area contributed by atoms with Crippen molar-refractivity contribution in [3.63, 3.8) is 0 Å². The summed E-state index contributed by atoms with van der Waals surface area (Å²) in [6.07, 6.45) is 2.53. The van der Waals surface area contributed by atoms with Gasteiger partial charge in [-0.05, 0) is 24.0 Å². The van der Waals surface area contributed by atoms with Crippen LogP contribution in [0.4, 0.5) is 0 Å². The molecule has 0 bridgehead atoms. The highest BCUT2D eigenvalue weighted by molar-refractivity contribution is 7.94. The number of benzene rings is 1. The zero-order valence-corrected chi connectivity index (χ0v) is 13.1. The Balaban J connectivity index is 2.66. The molecule has 0 aliphatic rings. The SMILES string of the molecule is CC(C)CC(=O)C[C@@H](C)C=CS(=O)(=O)c1ccccc1. The number of hydrogen-bond donors (Lipinski definition) is 0. The Morgan fingerprint density at radius 1 is 1.10 bits per heavy atom. The Kier molecular flexibility index (Phi) is 6.14. The minimum atomic E-state index is -3.41. The molecule has 110 valence electrons. The molecule has 0 saturated carbocycles. The minimum absolute atomic E-state index is 0.0697. The van der Waals surface area contributed by atoms with Gasteiger partial charge in [0.15, 0.2) is 9.84 Å². The zero-order chi connectivity index (χ0) is 15.2. The molecule has 4 heteroatoms. The monoisotopic (exact) mass is 294 g/mol. The third-order valence-corrected chi connectivity index (χ3v) is 4.29. The number of ketones is 1. The topological polar surface area (TPSA) is 51.2 Å². The van der Waals surface area contributed by atoms with Gasteiger partial charge in [-0.2, -0.15) is 0 Å². The summed E-state index contributed by atoms with van der Waals surface area (Å²) in [5.74, 6) is 0.445. The van der Waals surface area contributed by atoms with E-state index < -0.39 is 9.84 Å². The van der Waals surface area contributed by atoms with Crippen LogP contribution in [0.25, 0.3) is 0 Å². The van der Waals surface area contributed by atoms with Crippen LogP contribution in [0.5, 0.6) is 0 Å². The molecule has 0 unspecified atom stereocenters. The molecule has 0 saturated heterocycles. The van der Waals surface area contributed by atoms with Crippen LogP contribution in [0.3, 0.4) is 0 Å². The van der Waals surface area contributed by atoms with Gasteiger partial charge in [-0.1, -0.05) is 45.0 Å².